The molecule has 0 spiro atoms. The van der Waals surface area contributed by atoms with E-state index in [2.05, 4.69) is 5.32 Å². The third-order valence-electron chi connectivity index (χ3n) is 3.99. The maximum atomic E-state index is 13.1. The van der Waals surface area contributed by atoms with E-state index in [-0.39, 0.29) is 30.9 Å². The largest absolute Gasteiger partial charge is 0.416 e. The molecular formula is C19H26F4N2O2. The van der Waals surface area contributed by atoms with Gasteiger partial charge in [-0.05, 0) is 37.0 Å². The Bertz CT molecular complexity index is 627. The van der Waals surface area contributed by atoms with Gasteiger partial charge >= 0.3 is 6.18 Å². The van der Waals surface area contributed by atoms with E-state index in [1.54, 1.807) is 4.90 Å². The molecule has 0 heterocycles. The smallest absolute Gasteiger partial charge is 0.352 e. The highest BCUT2D eigenvalue weighted by atomic mass is 19.4. The molecule has 1 aromatic carbocycles. The van der Waals surface area contributed by atoms with Gasteiger partial charge in [0.1, 0.15) is 5.82 Å². The lowest BCUT2D eigenvalue weighted by Gasteiger charge is -2.21. The van der Waals surface area contributed by atoms with Gasteiger partial charge in [-0.25, -0.2) is 4.39 Å². The molecule has 0 unspecified atom stereocenters. The lowest BCUT2D eigenvalue weighted by molar-refractivity contribution is -0.138. The molecule has 0 saturated heterocycles. The van der Waals surface area contributed by atoms with Gasteiger partial charge in [-0.3, -0.25) is 9.59 Å². The first-order chi connectivity index (χ1) is 12.7. The van der Waals surface area contributed by atoms with E-state index >= 15 is 0 Å². The molecule has 0 aliphatic carbocycles. The normalized spacial score (nSPS) is 11.3. The summed E-state index contributed by atoms with van der Waals surface area (Å²) in [5, 5.41) is 2.40. The summed E-state index contributed by atoms with van der Waals surface area (Å²) in [6.07, 6.45) is -2.41. The second kappa shape index (κ2) is 10.9. The maximum absolute atomic E-state index is 13.1. The molecular weight excluding hydrogens is 364 g/mol. The van der Waals surface area contributed by atoms with Gasteiger partial charge in [-0.1, -0.05) is 19.9 Å². The SMILES string of the molecule is CCCN(CCC)C(=O)CCCC(=O)NCc1ccc(F)cc1C(F)(F)F. The molecule has 0 aliphatic heterocycles. The van der Waals surface area contributed by atoms with Crippen molar-refractivity contribution in [2.75, 3.05) is 13.1 Å². The summed E-state index contributed by atoms with van der Waals surface area (Å²) < 4.78 is 51.8. The molecule has 0 atom stereocenters. The summed E-state index contributed by atoms with van der Waals surface area (Å²) in [6.45, 7) is 4.95. The van der Waals surface area contributed by atoms with E-state index in [9.17, 15) is 27.2 Å². The minimum Gasteiger partial charge on any atom is -0.352 e. The van der Waals surface area contributed by atoms with Gasteiger partial charge in [-0.15, -0.1) is 0 Å². The van der Waals surface area contributed by atoms with Crippen LogP contribution in [0.4, 0.5) is 17.6 Å². The molecule has 1 N–H and O–H groups in total. The summed E-state index contributed by atoms with van der Waals surface area (Å²) in [7, 11) is 0. The van der Waals surface area contributed by atoms with E-state index in [1.165, 1.54) is 0 Å². The summed E-state index contributed by atoms with van der Waals surface area (Å²) >= 11 is 0. The molecule has 8 heteroatoms. The van der Waals surface area contributed by atoms with Crippen LogP contribution < -0.4 is 5.32 Å². The van der Waals surface area contributed by atoms with Crippen molar-refractivity contribution in [2.24, 2.45) is 0 Å². The standard InChI is InChI=1S/C19H26F4N2O2/c1-3-10-25(11-4-2)18(27)7-5-6-17(26)24-13-14-8-9-15(20)12-16(14)19(21,22)23/h8-9,12H,3-7,10-11,13H2,1-2H3,(H,24,26). The number of halogens is 4. The zero-order valence-electron chi connectivity index (χ0n) is 15.7. The number of nitrogens with zero attached hydrogens (tertiary/aromatic N) is 1. The van der Waals surface area contributed by atoms with Crippen LogP contribution in [0.1, 0.15) is 57.1 Å². The molecule has 152 valence electrons. The van der Waals surface area contributed by atoms with Crippen LogP contribution in [0.5, 0.6) is 0 Å². The summed E-state index contributed by atoms with van der Waals surface area (Å²) in [5.74, 6) is -1.46. The van der Waals surface area contributed by atoms with E-state index in [0.29, 0.717) is 25.6 Å². The second-order valence-corrected chi connectivity index (χ2v) is 6.31. The van der Waals surface area contributed by atoms with Crippen LogP contribution in [-0.2, 0) is 22.3 Å². The van der Waals surface area contributed by atoms with Crippen molar-refractivity contribution < 1.29 is 27.2 Å². The van der Waals surface area contributed by atoms with Crippen LogP contribution in [0.3, 0.4) is 0 Å². The Hall–Kier alpha value is -2.12. The number of hydrogen-bond acceptors (Lipinski definition) is 2. The maximum Gasteiger partial charge on any atom is 0.416 e. The fourth-order valence-electron chi connectivity index (χ4n) is 2.71. The fraction of sp³-hybridized carbons (Fsp3) is 0.579. The van der Waals surface area contributed by atoms with Crippen molar-refractivity contribution >= 4 is 11.8 Å². The summed E-state index contributed by atoms with van der Waals surface area (Å²) in [5.41, 5.74) is -1.31. The highest BCUT2D eigenvalue weighted by molar-refractivity contribution is 5.79. The quantitative estimate of drug-likeness (QED) is 0.606. The molecule has 0 aromatic heterocycles. The van der Waals surface area contributed by atoms with Crippen molar-refractivity contribution in [3.05, 3.63) is 35.1 Å². The van der Waals surface area contributed by atoms with Crippen LogP contribution in [0.2, 0.25) is 0 Å². The van der Waals surface area contributed by atoms with Crippen LogP contribution in [0, 0.1) is 5.82 Å². The van der Waals surface area contributed by atoms with E-state index < -0.39 is 23.5 Å². The molecule has 0 bridgehead atoms. The number of amides is 2. The lowest BCUT2D eigenvalue weighted by atomic mass is 10.1. The first kappa shape index (κ1) is 22.9. The Morgan fingerprint density at radius 2 is 1.70 bits per heavy atom. The first-order valence-corrected chi connectivity index (χ1v) is 9.09. The van der Waals surface area contributed by atoms with E-state index in [4.69, 9.17) is 0 Å². The second-order valence-electron chi connectivity index (χ2n) is 6.31. The Balaban J connectivity index is 2.49. The number of benzene rings is 1. The molecule has 2 amide bonds. The molecule has 1 rings (SSSR count). The zero-order chi connectivity index (χ0) is 20.4. The lowest BCUT2D eigenvalue weighted by Crippen LogP contribution is -2.32. The van der Waals surface area contributed by atoms with Crippen molar-refractivity contribution in [1.82, 2.24) is 10.2 Å². The Labute approximate surface area is 156 Å². The van der Waals surface area contributed by atoms with Crippen molar-refractivity contribution in [3.8, 4) is 0 Å². The molecule has 1 aromatic rings. The topological polar surface area (TPSA) is 49.4 Å². The molecule has 0 fully saturated rings. The van der Waals surface area contributed by atoms with Gasteiger partial charge in [0.05, 0.1) is 5.56 Å². The molecule has 0 radical (unpaired) electrons. The Kier molecular flexibility index (Phi) is 9.25. The monoisotopic (exact) mass is 390 g/mol. The highest BCUT2D eigenvalue weighted by Gasteiger charge is 2.33. The van der Waals surface area contributed by atoms with Gasteiger partial charge in [0.15, 0.2) is 0 Å². The Morgan fingerprint density at radius 1 is 1.07 bits per heavy atom. The van der Waals surface area contributed by atoms with Gasteiger partial charge < -0.3 is 10.2 Å². The van der Waals surface area contributed by atoms with Crippen molar-refractivity contribution in [2.45, 2.75) is 58.7 Å². The third kappa shape index (κ3) is 7.97. The van der Waals surface area contributed by atoms with E-state index in [1.807, 2.05) is 13.8 Å². The van der Waals surface area contributed by atoms with Gasteiger partial charge in [0, 0.05) is 32.5 Å². The van der Waals surface area contributed by atoms with Gasteiger partial charge in [0.25, 0.3) is 0 Å². The highest BCUT2D eigenvalue weighted by Crippen LogP contribution is 2.32. The predicted octanol–water partition coefficient (Wildman–Crippen LogP) is 4.28. The Morgan fingerprint density at radius 3 is 2.26 bits per heavy atom. The van der Waals surface area contributed by atoms with E-state index in [0.717, 1.165) is 25.0 Å². The number of alkyl halides is 3. The average Bonchev–Trinajstić information content (AvgIpc) is 2.59. The number of rotatable bonds is 10. The number of hydrogen-bond donors (Lipinski definition) is 1. The minimum absolute atomic E-state index is 0.0237. The first-order valence-electron chi connectivity index (χ1n) is 9.09. The number of carbonyl (C=O) groups excluding carboxylic acids is 2. The van der Waals surface area contributed by atoms with Crippen LogP contribution in [0.25, 0.3) is 0 Å². The van der Waals surface area contributed by atoms with Crippen molar-refractivity contribution in [3.63, 3.8) is 0 Å². The third-order valence-corrected chi connectivity index (χ3v) is 3.99. The van der Waals surface area contributed by atoms with Crippen molar-refractivity contribution in [1.29, 1.82) is 0 Å². The number of carbonyl (C=O) groups is 2. The molecule has 4 nitrogen and oxygen atoms in total. The van der Waals surface area contributed by atoms with Crippen LogP contribution >= 0.6 is 0 Å². The zero-order valence-corrected chi connectivity index (χ0v) is 15.7. The fourth-order valence-corrected chi connectivity index (χ4v) is 2.71. The van der Waals surface area contributed by atoms with Gasteiger partial charge in [0.2, 0.25) is 11.8 Å². The number of nitrogens with one attached hydrogen (secondary N) is 1. The summed E-state index contributed by atoms with van der Waals surface area (Å²) in [4.78, 5) is 25.7. The summed E-state index contributed by atoms with van der Waals surface area (Å²) in [6, 6.07) is 2.34. The van der Waals surface area contributed by atoms with Crippen LogP contribution in [0.15, 0.2) is 18.2 Å². The average molecular weight is 390 g/mol. The predicted molar refractivity (Wildman–Crippen MR) is 94.3 cm³/mol. The molecule has 27 heavy (non-hydrogen) atoms. The van der Waals surface area contributed by atoms with Gasteiger partial charge in [-0.2, -0.15) is 13.2 Å². The molecule has 0 saturated carbocycles. The molecule has 0 aliphatic rings. The van der Waals surface area contributed by atoms with Crippen LogP contribution in [-0.4, -0.2) is 29.8 Å². The minimum atomic E-state index is -4.70.